The molecule has 3 N–H and O–H groups in total. The Hall–Kier alpha value is -2.65. The van der Waals surface area contributed by atoms with Gasteiger partial charge in [-0.3, -0.25) is 9.78 Å². The summed E-state index contributed by atoms with van der Waals surface area (Å²) >= 11 is 6.02. The lowest BCUT2D eigenvalue weighted by molar-refractivity contribution is 0.0538. The Kier molecular flexibility index (Phi) is 6.39. The van der Waals surface area contributed by atoms with E-state index in [0.29, 0.717) is 42.5 Å². The molecule has 156 valence electrons. The highest BCUT2D eigenvalue weighted by molar-refractivity contribution is 6.30. The van der Waals surface area contributed by atoms with Gasteiger partial charge in [-0.15, -0.1) is 0 Å². The molecule has 0 saturated carbocycles. The number of hydrogen-bond donors (Lipinski definition) is 3. The first-order valence-corrected chi connectivity index (χ1v) is 9.74. The number of methoxy groups -OCH3 is 1. The van der Waals surface area contributed by atoms with E-state index in [0.717, 1.165) is 5.69 Å². The van der Waals surface area contributed by atoms with E-state index in [1.165, 1.54) is 0 Å². The minimum Gasteiger partial charge on any atom is -0.478 e. The number of anilines is 1. The van der Waals surface area contributed by atoms with Crippen LogP contribution in [0.5, 0.6) is 0 Å². The van der Waals surface area contributed by atoms with Crippen molar-refractivity contribution in [2.45, 2.75) is 38.8 Å². The van der Waals surface area contributed by atoms with E-state index < -0.39 is 5.97 Å². The monoisotopic (exact) mass is 421 g/mol. The van der Waals surface area contributed by atoms with E-state index in [1.807, 2.05) is 11.8 Å². The smallest absolute Gasteiger partial charge is 0.337 e. The first kappa shape index (κ1) is 21.1. The number of aromatic carboxylic acids is 1. The normalized spacial score (nSPS) is 19.2. The number of aryl methyl sites for hydroxylation is 2. The zero-order valence-electron chi connectivity index (χ0n) is 16.5. The lowest BCUT2D eigenvalue weighted by Crippen LogP contribution is -2.55. The van der Waals surface area contributed by atoms with Gasteiger partial charge in [-0.05, 0) is 25.8 Å². The predicted molar refractivity (Wildman–Crippen MR) is 108 cm³/mol. The van der Waals surface area contributed by atoms with Gasteiger partial charge in [-0.1, -0.05) is 18.5 Å². The fraction of sp³-hybridized carbons (Fsp3) is 0.474. The molecule has 1 aliphatic rings. The van der Waals surface area contributed by atoms with Crippen LogP contribution in [0.1, 0.15) is 45.7 Å². The number of aromatic nitrogens is 3. The molecule has 0 radical (unpaired) electrons. The Morgan fingerprint density at radius 1 is 1.48 bits per heavy atom. The number of hydrogen-bond acceptors (Lipinski definition) is 6. The summed E-state index contributed by atoms with van der Waals surface area (Å²) < 4.78 is 5.59. The van der Waals surface area contributed by atoms with Gasteiger partial charge in [0.1, 0.15) is 0 Å². The summed E-state index contributed by atoms with van der Waals surface area (Å²) in [4.78, 5) is 37.2. The summed E-state index contributed by atoms with van der Waals surface area (Å²) in [6.07, 6.45) is 2.65. The Labute approximate surface area is 173 Å². The lowest BCUT2D eigenvalue weighted by Gasteiger charge is -2.39. The van der Waals surface area contributed by atoms with Crippen molar-refractivity contribution in [2.24, 2.45) is 0 Å². The molecule has 0 aromatic carbocycles. The number of H-pyrrole nitrogens is 1. The standard InChI is InChI=1S/C19H24ClN5O4/c1-4-13-16(20)24-17(22-13)18(26)23-14-5-6-25(9-15(14)29-3)11-7-12(19(27)28)10(2)21-8-11/h7-8,14-15H,4-6,9H2,1-3H3,(H,22,24)(H,23,26)(H,27,28). The molecular formula is C19H24ClN5O4. The molecule has 0 aliphatic carbocycles. The summed E-state index contributed by atoms with van der Waals surface area (Å²) in [6, 6.07) is 1.41. The zero-order valence-corrected chi connectivity index (χ0v) is 17.3. The van der Waals surface area contributed by atoms with Crippen LogP contribution in [0.4, 0.5) is 5.69 Å². The molecule has 0 spiro atoms. The molecule has 29 heavy (non-hydrogen) atoms. The van der Waals surface area contributed by atoms with E-state index in [4.69, 9.17) is 16.3 Å². The lowest BCUT2D eigenvalue weighted by atomic mass is 10.0. The number of carboxylic acids is 1. The Morgan fingerprint density at radius 2 is 2.24 bits per heavy atom. The number of piperidine rings is 1. The van der Waals surface area contributed by atoms with Crippen molar-refractivity contribution in [3.8, 4) is 0 Å². The van der Waals surface area contributed by atoms with E-state index in [9.17, 15) is 14.7 Å². The van der Waals surface area contributed by atoms with Crippen LogP contribution in [0.15, 0.2) is 12.3 Å². The Morgan fingerprint density at radius 3 is 2.86 bits per heavy atom. The summed E-state index contributed by atoms with van der Waals surface area (Å²) in [5.41, 5.74) is 2.07. The van der Waals surface area contributed by atoms with Gasteiger partial charge in [0, 0.05) is 20.2 Å². The number of rotatable bonds is 6. The number of ether oxygens (including phenoxy) is 1. The van der Waals surface area contributed by atoms with Gasteiger partial charge in [0.25, 0.3) is 5.91 Å². The number of nitrogens with one attached hydrogen (secondary N) is 2. The molecule has 3 rings (SSSR count). The molecule has 1 amide bonds. The summed E-state index contributed by atoms with van der Waals surface area (Å²) in [5, 5.41) is 12.6. The van der Waals surface area contributed by atoms with Crippen molar-refractivity contribution in [2.75, 3.05) is 25.1 Å². The third kappa shape index (κ3) is 4.51. The maximum atomic E-state index is 12.6. The van der Waals surface area contributed by atoms with E-state index in [1.54, 1.807) is 26.3 Å². The van der Waals surface area contributed by atoms with Crippen LogP contribution >= 0.6 is 11.6 Å². The van der Waals surface area contributed by atoms with Crippen molar-refractivity contribution in [1.29, 1.82) is 0 Å². The molecule has 3 heterocycles. The zero-order chi connectivity index (χ0) is 21.1. The Balaban J connectivity index is 1.70. The second kappa shape index (κ2) is 8.79. The van der Waals surface area contributed by atoms with Crippen molar-refractivity contribution in [3.63, 3.8) is 0 Å². The molecule has 9 nitrogen and oxygen atoms in total. The molecule has 2 atom stereocenters. The first-order valence-electron chi connectivity index (χ1n) is 9.37. The Bertz CT molecular complexity index is 916. The summed E-state index contributed by atoms with van der Waals surface area (Å²) in [7, 11) is 1.59. The molecule has 2 aromatic rings. The largest absolute Gasteiger partial charge is 0.478 e. The number of nitrogens with zero attached hydrogens (tertiary/aromatic N) is 3. The molecular weight excluding hydrogens is 398 g/mol. The number of imidazole rings is 1. The van der Waals surface area contributed by atoms with Gasteiger partial charge in [0.05, 0.1) is 41.0 Å². The molecule has 10 heteroatoms. The quantitative estimate of drug-likeness (QED) is 0.652. The van der Waals surface area contributed by atoms with Crippen molar-refractivity contribution in [1.82, 2.24) is 20.3 Å². The van der Waals surface area contributed by atoms with Crippen LogP contribution in [0, 0.1) is 6.92 Å². The molecule has 1 fully saturated rings. The van der Waals surface area contributed by atoms with Gasteiger partial charge < -0.3 is 25.0 Å². The molecule has 2 aromatic heterocycles. The average molecular weight is 422 g/mol. The van der Waals surface area contributed by atoms with Crippen LogP contribution in [-0.2, 0) is 11.2 Å². The van der Waals surface area contributed by atoms with Crippen molar-refractivity contribution in [3.05, 3.63) is 40.2 Å². The van der Waals surface area contributed by atoms with Gasteiger partial charge in [0.15, 0.2) is 11.0 Å². The van der Waals surface area contributed by atoms with Crippen LogP contribution in [-0.4, -0.2) is 64.3 Å². The minimum absolute atomic E-state index is 0.174. The van der Waals surface area contributed by atoms with Crippen LogP contribution < -0.4 is 10.2 Å². The van der Waals surface area contributed by atoms with Crippen LogP contribution in [0.2, 0.25) is 5.15 Å². The number of amides is 1. The average Bonchev–Trinajstić information content (AvgIpc) is 3.09. The number of carbonyl (C=O) groups is 2. The minimum atomic E-state index is -1.01. The third-order valence-corrected chi connectivity index (χ3v) is 5.46. The molecule has 2 unspecified atom stereocenters. The number of pyridine rings is 1. The summed E-state index contributed by atoms with van der Waals surface area (Å²) in [5.74, 6) is -1.17. The second-order valence-corrected chi connectivity index (χ2v) is 7.29. The highest BCUT2D eigenvalue weighted by Crippen LogP contribution is 2.23. The van der Waals surface area contributed by atoms with Gasteiger partial charge in [0.2, 0.25) is 0 Å². The van der Waals surface area contributed by atoms with E-state index in [2.05, 4.69) is 20.3 Å². The van der Waals surface area contributed by atoms with Crippen molar-refractivity contribution < 1.29 is 19.4 Å². The molecule has 0 bridgehead atoms. The fourth-order valence-electron chi connectivity index (χ4n) is 3.43. The predicted octanol–water partition coefficient (Wildman–Crippen LogP) is 2.05. The summed E-state index contributed by atoms with van der Waals surface area (Å²) in [6.45, 7) is 4.70. The van der Waals surface area contributed by atoms with Crippen LogP contribution in [0.25, 0.3) is 0 Å². The van der Waals surface area contributed by atoms with Gasteiger partial charge in [-0.2, -0.15) is 0 Å². The first-order chi connectivity index (χ1) is 13.8. The van der Waals surface area contributed by atoms with Crippen molar-refractivity contribution >= 4 is 29.2 Å². The highest BCUT2D eigenvalue weighted by atomic mass is 35.5. The van der Waals surface area contributed by atoms with Crippen LogP contribution in [0.3, 0.4) is 0 Å². The van der Waals surface area contributed by atoms with Gasteiger partial charge in [-0.25, -0.2) is 9.78 Å². The molecule has 1 saturated heterocycles. The topological polar surface area (TPSA) is 120 Å². The van der Waals surface area contributed by atoms with Gasteiger partial charge >= 0.3 is 5.97 Å². The van der Waals surface area contributed by atoms with E-state index >= 15 is 0 Å². The highest BCUT2D eigenvalue weighted by Gasteiger charge is 2.32. The van der Waals surface area contributed by atoms with E-state index in [-0.39, 0.29) is 29.4 Å². The number of carboxylic acid groups (broad SMARTS) is 1. The maximum absolute atomic E-state index is 12.6. The SMILES string of the molecule is CCc1[nH]c(C(=O)NC2CCN(c3cnc(C)c(C(=O)O)c3)CC2OC)nc1Cl. The fourth-order valence-corrected chi connectivity index (χ4v) is 3.70. The number of aromatic amines is 1. The molecule has 1 aliphatic heterocycles. The third-order valence-electron chi connectivity index (χ3n) is 5.14. The number of carbonyl (C=O) groups excluding carboxylic acids is 1. The number of halogens is 1. The maximum Gasteiger partial charge on any atom is 0.337 e. The second-order valence-electron chi connectivity index (χ2n) is 6.93.